The number of hydrogen-bond acceptors (Lipinski definition) is 5. The smallest absolute Gasteiger partial charge is 0.150 e. The second-order valence-corrected chi connectivity index (χ2v) is 4.36. The molecule has 4 nitrogen and oxygen atoms in total. The second kappa shape index (κ2) is 4.55. The Morgan fingerprint density at radius 2 is 2.47 bits per heavy atom. The molecule has 5 heteroatoms. The molecule has 15 heavy (non-hydrogen) atoms. The molecule has 0 bridgehead atoms. The minimum atomic E-state index is 0.294. The van der Waals surface area contributed by atoms with Crippen molar-refractivity contribution in [2.75, 3.05) is 0 Å². The Bertz CT molecular complexity index is 410. The number of aromatic nitrogens is 2. The lowest BCUT2D eigenvalue weighted by Crippen LogP contribution is -2.16. The van der Waals surface area contributed by atoms with Crippen molar-refractivity contribution in [3.63, 3.8) is 0 Å². The van der Waals surface area contributed by atoms with Crippen molar-refractivity contribution in [2.24, 2.45) is 0 Å². The van der Waals surface area contributed by atoms with E-state index in [1.165, 1.54) is 4.88 Å². The van der Waals surface area contributed by atoms with Gasteiger partial charge >= 0.3 is 0 Å². The van der Waals surface area contributed by atoms with Crippen LogP contribution >= 0.6 is 11.3 Å². The first-order valence-electron chi connectivity index (χ1n) is 4.79. The average molecular weight is 223 g/mol. The molecular formula is C10H13N3OS. The molecule has 0 saturated heterocycles. The fourth-order valence-electron chi connectivity index (χ4n) is 1.29. The maximum Gasteiger partial charge on any atom is 0.150 e. The number of thiazole rings is 1. The number of aryl methyl sites for hydroxylation is 1. The van der Waals surface area contributed by atoms with Gasteiger partial charge in [-0.3, -0.25) is 4.98 Å². The number of nitrogens with zero attached hydrogens (tertiary/aromatic N) is 2. The zero-order valence-corrected chi connectivity index (χ0v) is 9.54. The predicted octanol–water partition coefficient (Wildman–Crippen LogP) is 2.29. The van der Waals surface area contributed by atoms with Crippen LogP contribution in [0, 0.1) is 6.92 Å². The zero-order chi connectivity index (χ0) is 10.7. The van der Waals surface area contributed by atoms with E-state index in [-0.39, 0.29) is 0 Å². The second-order valence-electron chi connectivity index (χ2n) is 3.44. The molecule has 0 aliphatic rings. The summed E-state index contributed by atoms with van der Waals surface area (Å²) < 4.78 is 5.11. The van der Waals surface area contributed by atoms with Crippen LogP contribution in [0.15, 0.2) is 22.3 Å². The van der Waals surface area contributed by atoms with E-state index in [2.05, 4.69) is 22.4 Å². The van der Waals surface area contributed by atoms with Gasteiger partial charge < -0.3 is 9.84 Å². The summed E-state index contributed by atoms with van der Waals surface area (Å²) in [6.45, 7) is 4.72. The van der Waals surface area contributed by atoms with Gasteiger partial charge in [0.25, 0.3) is 0 Å². The van der Waals surface area contributed by atoms with Crippen molar-refractivity contribution >= 4 is 11.3 Å². The monoisotopic (exact) mass is 223 g/mol. The Balaban J connectivity index is 1.88. The van der Waals surface area contributed by atoms with Gasteiger partial charge in [-0.05, 0) is 13.8 Å². The SMILES string of the molecule is Cc1cc(CNC(C)c2cncs2)on1. The fourth-order valence-corrected chi connectivity index (χ4v) is 1.95. The lowest BCUT2D eigenvalue weighted by molar-refractivity contribution is 0.363. The van der Waals surface area contributed by atoms with Crippen LogP contribution in [0.4, 0.5) is 0 Å². The normalized spacial score (nSPS) is 12.9. The highest BCUT2D eigenvalue weighted by Crippen LogP contribution is 2.16. The lowest BCUT2D eigenvalue weighted by atomic mass is 10.3. The fraction of sp³-hybridized carbons (Fsp3) is 0.400. The first-order valence-corrected chi connectivity index (χ1v) is 5.67. The Hall–Kier alpha value is -1.20. The van der Waals surface area contributed by atoms with Crippen LogP contribution in [-0.2, 0) is 6.54 Å². The average Bonchev–Trinajstić information content (AvgIpc) is 2.84. The Morgan fingerprint density at radius 1 is 1.60 bits per heavy atom. The quantitative estimate of drug-likeness (QED) is 0.864. The van der Waals surface area contributed by atoms with Crippen LogP contribution in [-0.4, -0.2) is 10.1 Å². The highest BCUT2D eigenvalue weighted by Gasteiger charge is 2.07. The van der Waals surface area contributed by atoms with Crippen molar-refractivity contribution in [1.82, 2.24) is 15.5 Å². The highest BCUT2D eigenvalue weighted by molar-refractivity contribution is 7.09. The molecule has 2 rings (SSSR count). The summed E-state index contributed by atoms with van der Waals surface area (Å²) in [4.78, 5) is 5.27. The molecule has 0 fully saturated rings. The minimum Gasteiger partial charge on any atom is -0.360 e. The van der Waals surface area contributed by atoms with Crippen LogP contribution in [0.1, 0.15) is 29.3 Å². The van der Waals surface area contributed by atoms with Gasteiger partial charge in [0.05, 0.1) is 17.7 Å². The summed E-state index contributed by atoms with van der Waals surface area (Å²) in [5, 5.41) is 7.18. The van der Waals surface area contributed by atoms with E-state index in [1.807, 2.05) is 24.7 Å². The van der Waals surface area contributed by atoms with Crippen molar-refractivity contribution in [1.29, 1.82) is 0 Å². The highest BCUT2D eigenvalue weighted by atomic mass is 32.1. The van der Waals surface area contributed by atoms with Gasteiger partial charge in [-0.15, -0.1) is 11.3 Å². The molecule has 80 valence electrons. The van der Waals surface area contributed by atoms with Crippen LogP contribution < -0.4 is 5.32 Å². The molecule has 0 radical (unpaired) electrons. The van der Waals surface area contributed by atoms with Gasteiger partial charge in [0.1, 0.15) is 0 Å². The molecule has 2 aromatic heterocycles. The van der Waals surface area contributed by atoms with E-state index in [4.69, 9.17) is 4.52 Å². The molecule has 1 atom stereocenters. The summed E-state index contributed by atoms with van der Waals surface area (Å²) in [5.41, 5.74) is 2.75. The Labute approximate surface area is 92.3 Å². The van der Waals surface area contributed by atoms with E-state index in [0.717, 1.165) is 11.5 Å². The predicted molar refractivity (Wildman–Crippen MR) is 58.6 cm³/mol. The number of hydrogen-bond donors (Lipinski definition) is 1. The van der Waals surface area contributed by atoms with Gasteiger partial charge in [0.2, 0.25) is 0 Å². The van der Waals surface area contributed by atoms with E-state index in [9.17, 15) is 0 Å². The Kier molecular flexibility index (Phi) is 3.13. The lowest BCUT2D eigenvalue weighted by Gasteiger charge is -2.09. The third-order valence-corrected chi connectivity index (χ3v) is 3.10. The summed E-state index contributed by atoms with van der Waals surface area (Å²) in [5.74, 6) is 0.865. The van der Waals surface area contributed by atoms with Crippen LogP contribution in [0.2, 0.25) is 0 Å². The van der Waals surface area contributed by atoms with E-state index in [1.54, 1.807) is 11.3 Å². The molecular weight excluding hydrogens is 210 g/mol. The van der Waals surface area contributed by atoms with Crippen molar-refractivity contribution in [2.45, 2.75) is 26.4 Å². The molecule has 0 saturated carbocycles. The third-order valence-electron chi connectivity index (χ3n) is 2.14. The standard InChI is InChI=1S/C10H13N3OS/c1-7-3-9(14-13-7)4-12-8(2)10-5-11-6-15-10/h3,5-6,8,12H,4H2,1-2H3. The van der Waals surface area contributed by atoms with Crippen molar-refractivity contribution in [3.8, 4) is 0 Å². The van der Waals surface area contributed by atoms with Gasteiger partial charge in [0, 0.05) is 23.2 Å². The topological polar surface area (TPSA) is 51.0 Å². The number of nitrogens with one attached hydrogen (secondary N) is 1. The maximum atomic E-state index is 5.11. The first kappa shape index (κ1) is 10.3. The molecule has 0 aromatic carbocycles. The maximum absolute atomic E-state index is 5.11. The summed E-state index contributed by atoms with van der Waals surface area (Å²) >= 11 is 1.65. The van der Waals surface area contributed by atoms with Crippen LogP contribution in [0.25, 0.3) is 0 Å². The molecule has 2 heterocycles. The Morgan fingerprint density at radius 3 is 3.07 bits per heavy atom. The largest absolute Gasteiger partial charge is 0.360 e. The zero-order valence-electron chi connectivity index (χ0n) is 8.73. The van der Waals surface area contributed by atoms with E-state index >= 15 is 0 Å². The van der Waals surface area contributed by atoms with Crippen LogP contribution in [0.3, 0.4) is 0 Å². The first-order chi connectivity index (χ1) is 7.25. The molecule has 2 aromatic rings. The molecule has 0 aliphatic carbocycles. The summed E-state index contributed by atoms with van der Waals surface area (Å²) in [7, 11) is 0. The minimum absolute atomic E-state index is 0.294. The molecule has 0 amide bonds. The van der Waals surface area contributed by atoms with Gasteiger partial charge in [0.15, 0.2) is 5.76 Å². The molecule has 1 N–H and O–H groups in total. The van der Waals surface area contributed by atoms with Crippen molar-refractivity contribution < 1.29 is 4.52 Å². The van der Waals surface area contributed by atoms with Crippen molar-refractivity contribution in [3.05, 3.63) is 34.1 Å². The number of rotatable bonds is 4. The van der Waals surface area contributed by atoms with E-state index in [0.29, 0.717) is 12.6 Å². The van der Waals surface area contributed by atoms with Gasteiger partial charge in [-0.25, -0.2) is 0 Å². The van der Waals surface area contributed by atoms with E-state index < -0.39 is 0 Å². The van der Waals surface area contributed by atoms with Gasteiger partial charge in [-0.1, -0.05) is 5.16 Å². The molecule has 0 aliphatic heterocycles. The van der Waals surface area contributed by atoms with Gasteiger partial charge in [-0.2, -0.15) is 0 Å². The molecule has 1 unspecified atom stereocenters. The molecule has 0 spiro atoms. The third kappa shape index (κ3) is 2.64. The summed E-state index contributed by atoms with van der Waals surface area (Å²) in [6, 6.07) is 2.23. The van der Waals surface area contributed by atoms with Crippen LogP contribution in [0.5, 0.6) is 0 Å². The summed E-state index contributed by atoms with van der Waals surface area (Å²) in [6.07, 6.45) is 1.88.